The molecule has 10 aromatic carbocycles. The Hall–Kier alpha value is -8.80. The lowest BCUT2D eigenvalue weighted by atomic mass is 9.98. The van der Waals surface area contributed by atoms with Crippen LogP contribution in [-0.4, -0.2) is 19.1 Å². The molecular weight excluding hydrogens is 793 g/mol. The van der Waals surface area contributed by atoms with E-state index in [0.29, 0.717) is 5.95 Å². The summed E-state index contributed by atoms with van der Waals surface area (Å²) in [5, 5.41) is 10.2. The Kier molecular flexibility index (Phi) is 7.62. The quantitative estimate of drug-likeness (QED) is 0.174. The summed E-state index contributed by atoms with van der Waals surface area (Å²) in [5.41, 5.74) is 14.6. The molecule has 0 spiro atoms. The third-order valence-electron chi connectivity index (χ3n) is 13.3. The maximum absolute atomic E-state index is 6.41. The lowest BCUT2D eigenvalue weighted by Crippen LogP contribution is -2.03. The summed E-state index contributed by atoms with van der Waals surface area (Å²) in [6, 6.07) is 78.0. The highest BCUT2D eigenvalue weighted by Crippen LogP contribution is 2.45. The van der Waals surface area contributed by atoms with E-state index in [1.807, 2.05) is 12.1 Å². The number of fused-ring (bicyclic) bond motifs is 13. The van der Waals surface area contributed by atoms with Crippen molar-refractivity contribution in [1.82, 2.24) is 19.1 Å². The molecule has 0 saturated heterocycles. The number of furan rings is 1. The molecule has 5 nitrogen and oxygen atoms in total. The van der Waals surface area contributed by atoms with Crippen LogP contribution in [0.25, 0.3) is 132 Å². The van der Waals surface area contributed by atoms with Crippen LogP contribution in [-0.2, 0) is 0 Å². The van der Waals surface area contributed by atoms with Crippen molar-refractivity contribution >= 4 is 87.2 Å². The zero-order valence-corrected chi connectivity index (χ0v) is 35.0. The molecule has 4 aromatic heterocycles. The molecule has 5 heteroatoms. The third-order valence-corrected chi connectivity index (χ3v) is 13.3. The standard InChI is InChI=1S/C60H36N4O/c1-3-15-37(16-4-1)41-33-42(38-17-5-2-6-18-38)35-43(34-41)63-51-25-13-10-23-48(51)56-52(63)31-32-53-57(56)49-30-27-39-19-7-8-20-44(39)59(49)64(53)60-61-50-24-12-9-22-47(50)58(62-60)40-28-29-46-45-21-11-14-26-54(45)65-55(46)36-40/h1-36H. The largest absolute Gasteiger partial charge is 0.456 e. The molecule has 14 rings (SSSR count). The van der Waals surface area contributed by atoms with E-state index in [-0.39, 0.29) is 0 Å². The average Bonchev–Trinajstić information content (AvgIpc) is 4.04. The van der Waals surface area contributed by atoms with E-state index >= 15 is 0 Å². The molecule has 0 radical (unpaired) electrons. The van der Waals surface area contributed by atoms with Crippen molar-refractivity contribution in [3.63, 3.8) is 0 Å². The molecular formula is C60H36N4O. The highest BCUT2D eigenvalue weighted by Gasteiger charge is 2.24. The molecule has 0 aliphatic carbocycles. The highest BCUT2D eigenvalue weighted by atomic mass is 16.3. The minimum Gasteiger partial charge on any atom is -0.456 e. The molecule has 0 unspecified atom stereocenters. The van der Waals surface area contributed by atoms with Gasteiger partial charge in [0, 0.05) is 54.3 Å². The van der Waals surface area contributed by atoms with E-state index < -0.39 is 0 Å². The summed E-state index contributed by atoms with van der Waals surface area (Å²) < 4.78 is 11.2. The van der Waals surface area contributed by atoms with Crippen molar-refractivity contribution in [3.8, 4) is 45.1 Å². The first-order chi connectivity index (χ1) is 32.2. The number of hydrogen-bond donors (Lipinski definition) is 0. The summed E-state index contributed by atoms with van der Waals surface area (Å²) in [7, 11) is 0. The van der Waals surface area contributed by atoms with Crippen molar-refractivity contribution in [2.75, 3.05) is 0 Å². The van der Waals surface area contributed by atoms with E-state index in [1.165, 1.54) is 38.4 Å². The van der Waals surface area contributed by atoms with Gasteiger partial charge in [0.15, 0.2) is 0 Å². The van der Waals surface area contributed by atoms with Crippen molar-refractivity contribution in [2.45, 2.75) is 0 Å². The molecule has 4 heterocycles. The number of benzene rings is 10. The normalized spacial score (nSPS) is 12.0. The Balaban J connectivity index is 1.08. The molecule has 0 aliphatic rings. The zero-order chi connectivity index (χ0) is 42.6. The summed E-state index contributed by atoms with van der Waals surface area (Å²) in [6.45, 7) is 0. The van der Waals surface area contributed by atoms with Crippen LogP contribution < -0.4 is 0 Å². The fourth-order valence-corrected chi connectivity index (χ4v) is 10.4. The fourth-order valence-electron chi connectivity index (χ4n) is 10.4. The van der Waals surface area contributed by atoms with Crippen molar-refractivity contribution in [2.24, 2.45) is 0 Å². The van der Waals surface area contributed by atoms with Crippen molar-refractivity contribution < 1.29 is 4.42 Å². The van der Waals surface area contributed by atoms with Crippen LogP contribution in [0.1, 0.15) is 0 Å². The second kappa shape index (κ2) is 13.9. The summed E-state index contributed by atoms with van der Waals surface area (Å²) >= 11 is 0. The van der Waals surface area contributed by atoms with Gasteiger partial charge in [0.2, 0.25) is 5.95 Å². The molecule has 0 fully saturated rings. The topological polar surface area (TPSA) is 48.8 Å². The lowest BCUT2D eigenvalue weighted by molar-refractivity contribution is 0.669. The molecule has 0 aliphatic heterocycles. The van der Waals surface area contributed by atoms with E-state index in [2.05, 4.69) is 215 Å². The Labute approximate surface area is 372 Å². The van der Waals surface area contributed by atoms with Crippen LogP contribution in [0.3, 0.4) is 0 Å². The smallest absolute Gasteiger partial charge is 0.235 e. The van der Waals surface area contributed by atoms with E-state index in [9.17, 15) is 0 Å². The monoisotopic (exact) mass is 828 g/mol. The van der Waals surface area contributed by atoms with Gasteiger partial charge in [-0.1, -0.05) is 158 Å². The first kappa shape index (κ1) is 35.8. The van der Waals surface area contributed by atoms with Gasteiger partial charge in [-0.15, -0.1) is 0 Å². The molecule has 0 atom stereocenters. The second-order valence-electron chi connectivity index (χ2n) is 16.9. The Morgan fingerprint density at radius 1 is 0.338 bits per heavy atom. The van der Waals surface area contributed by atoms with Crippen LogP contribution in [0.5, 0.6) is 0 Å². The molecule has 14 aromatic rings. The maximum Gasteiger partial charge on any atom is 0.235 e. The van der Waals surface area contributed by atoms with Gasteiger partial charge < -0.3 is 8.98 Å². The fraction of sp³-hybridized carbons (Fsp3) is 0. The predicted molar refractivity (Wildman–Crippen MR) is 269 cm³/mol. The number of hydrogen-bond acceptors (Lipinski definition) is 3. The van der Waals surface area contributed by atoms with Crippen molar-refractivity contribution in [1.29, 1.82) is 0 Å². The summed E-state index contributed by atoms with van der Waals surface area (Å²) in [5.74, 6) is 0.617. The first-order valence-corrected chi connectivity index (χ1v) is 22.1. The van der Waals surface area contributed by atoms with Gasteiger partial charge in [-0.2, -0.15) is 0 Å². The molecule has 0 bridgehead atoms. The first-order valence-electron chi connectivity index (χ1n) is 22.1. The second-order valence-corrected chi connectivity index (χ2v) is 16.9. The maximum atomic E-state index is 6.41. The lowest BCUT2D eigenvalue weighted by Gasteiger charge is -2.14. The Bertz CT molecular complexity index is 4180. The SMILES string of the molecule is c1ccc(-c2cc(-c3ccccc3)cc(-n3c4ccccc4c4c5c6ccc7ccccc7c6n(-c6nc(-c7ccc8c(c7)oc7ccccc78)c7ccccc7n6)c5ccc43)c2)cc1. The predicted octanol–water partition coefficient (Wildman–Crippen LogP) is 15.9. The summed E-state index contributed by atoms with van der Waals surface area (Å²) in [4.78, 5) is 11.0. The van der Waals surface area contributed by atoms with Crippen molar-refractivity contribution in [3.05, 3.63) is 218 Å². The van der Waals surface area contributed by atoms with Gasteiger partial charge >= 0.3 is 0 Å². The van der Waals surface area contributed by atoms with Gasteiger partial charge in [0.05, 0.1) is 33.3 Å². The Morgan fingerprint density at radius 2 is 0.938 bits per heavy atom. The molecule has 0 amide bonds. The number of nitrogens with zero attached hydrogens (tertiary/aromatic N) is 4. The van der Waals surface area contributed by atoms with Crippen LogP contribution in [0.4, 0.5) is 0 Å². The number of aromatic nitrogens is 4. The van der Waals surface area contributed by atoms with E-state index in [0.717, 1.165) is 88.0 Å². The van der Waals surface area contributed by atoms with Crippen LogP contribution in [0, 0.1) is 0 Å². The third kappa shape index (κ3) is 5.39. The molecule has 65 heavy (non-hydrogen) atoms. The minimum atomic E-state index is 0.617. The molecule has 302 valence electrons. The van der Waals surface area contributed by atoms with Crippen LogP contribution in [0.15, 0.2) is 223 Å². The molecule has 0 N–H and O–H groups in total. The zero-order valence-electron chi connectivity index (χ0n) is 35.0. The van der Waals surface area contributed by atoms with Gasteiger partial charge in [0.1, 0.15) is 11.2 Å². The van der Waals surface area contributed by atoms with Gasteiger partial charge in [-0.05, 0) is 88.3 Å². The van der Waals surface area contributed by atoms with Gasteiger partial charge in [-0.25, -0.2) is 9.97 Å². The van der Waals surface area contributed by atoms with E-state index in [4.69, 9.17) is 14.4 Å². The average molecular weight is 829 g/mol. The Morgan fingerprint density at radius 3 is 1.72 bits per heavy atom. The highest BCUT2D eigenvalue weighted by molar-refractivity contribution is 6.31. The van der Waals surface area contributed by atoms with Gasteiger partial charge in [-0.3, -0.25) is 4.57 Å². The van der Waals surface area contributed by atoms with Gasteiger partial charge in [0.25, 0.3) is 0 Å². The molecule has 0 saturated carbocycles. The van der Waals surface area contributed by atoms with E-state index in [1.54, 1.807) is 0 Å². The number of para-hydroxylation sites is 3. The summed E-state index contributed by atoms with van der Waals surface area (Å²) in [6.07, 6.45) is 0. The van der Waals surface area contributed by atoms with Crippen LogP contribution in [0.2, 0.25) is 0 Å². The number of rotatable bonds is 5. The minimum absolute atomic E-state index is 0.617. The van der Waals surface area contributed by atoms with Crippen LogP contribution >= 0.6 is 0 Å².